The van der Waals surface area contributed by atoms with Crippen molar-refractivity contribution in [3.63, 3.8) is 0 Å². The van der Waals surface area contributed by atoms with Crippen LogP contribution in [0.15, 0.2) is 72.1 Å². The first-order chi connectivity index (χ1) is 17.2. The molecule has 6 rings (SSSR count). The molecular weight excluding hydrogens is 459 g/mol. The number of anilines is 2. The van der Waals surface area contributed by atoms with Gasteiger partial charge in [0.25, 0.3) is 0 Å². The van der Waals surface area contributed by atoms with Gasteiger partial charge in [-0.15, -0.1) is 16.4 Å². The Hall–Kier alpha value is -3.78. The van der Waals surface area contributed by atoms with Crippen molar-refractivity contribution in [3.05, 3.63) is 83.5 Å². The van der Waals surface area contributed by atoms with Crippen molar-refractivity contribution >= 4 is 34.1 Å². The quantitative estimate of drug-likeness (QED) is 0.345. The summed E-state index contributed by atoms with van der Waals surface area (Å²) in [4.78, 5) is 13.0. The third-order valence-corrected chi connectivity index (χ3v) is 7.51. The van der Waals surface area contributed by atoms with E-state index in [2.05, 4.69) is 40.3 Å². The molecule has 8 heteroatoms. The molecule has 4 heterocycles. The van der Waals surface area contributed by atoms with Crippen LogP contribution in [0.3, 0.4) is 0 Å². The average molecular weight is 485 g/mol. The molecule has 0 unspecified atom stereocenters. The Balaban J connectivity index is 1.34. The lowest BCUT2D eigenvalue weighted by Crippen LogP contribution is -2.35. The lowest BCUT2D eigenvalue weighted by molar-refractivity contribution is 0.401. The van der Waals surface area contributed by atoms with Crippen molar-refractivity contribution in [1.82, 2.24) is 19.7 Å². The molecule has 0 spiro atoms. The molecule has 0 saturated carbocycles. The van der Waals surface area contributed by atoms with Crippen LogP contribution < -0.4 is 10.6 Å². The fraction of sp³-hybridized carbons (Fsp3) is 0.222. The Kier molecular flexibility index (Phi) is 5.66. The number of thiophene rings is 1. The summed E-state index contributed by atoms with van der Waals surface area (Å²) in [5.41, 5.74) is 9.77. The van der Waals surface area contributed by atoms with Crippen LogP contribution in [0, 0.1) is 11.7 Å². The third-order valence-electron chi connectivity index (χ3n) is 6.63. The Morgan fingerprint density at radius 1 is 0.971 bits per heavy atom. The molecule has 1 saturated heterocycles. The van der Waals surface area contributed by atoms with Gasteiger partial charge in [0, 0.05) is 13.1 Å². The van der Waals surface area contributed by atoms with Gasteiger partial charge in [0.1, 0.15) is 11.6 Å². The maximum Gasteiger partial charge on any atom is 0.228 e. The molecule has 35 heavy (non-hydrogen) atoms. The van der Waals surface area contributed by atoms with Crippen LogP contribution in [-0.4, -0.2) is 32.8 Å². The number of rotatable bonds is 5. The molecule has 1 aliphatic heterocycles. The van der Waals surface area contributed by atoms with Crippen molar-refractivity contribution in [2.45, 2.75) is 19.3 Å². The fourth-order valence-corrected chi connectivity index (χ4v) is 5.54. The number of benzene rings is 2. The van der Waals surface area contributed by atoms with Gasteiger partial charge in [0.05, 0.1) is 21.6 Å². The van der Waals surface area contributed by atoms with E-state index < -0.39 is 0 Å². The molecule has 2 aromatic carbocycles. The normalized spacial score (nSPS) is 14.6. The zero-order chi connectivity index (χ0) is 23.8. The molecule has 0 atom stereocenters. The first-order valence-corrected chi connectivity index (χ1v) is 12.7. The molecule has 6 nitrogen and oxygen atoms in total. The maximum absolute atomic E-state index is 13.9. The predicted molar refractivity (Wildman–Crippen MR) is 139 cm³/mol. The minimum absolute atomic E-state index is 0.343. The van der Waals surface area contributed by atoms with Crippen molar-refractivity contribution in [3.8, 4) is 16.3 Å². The van der Waals surface area contributed by atoms with Gasteiger partial charge in [-0.1, -0.05) is 42.5 Å². The van der Waals surface area contributed by atoms with Gasteiger partial charge in [-0.25, -0.2) is 14.1 Å². The zero-order valence-corrected chi connectivity index (χ0v) is 20.0. The number of halogens is 1. The van der Waals surface area contributed by atoms with Crippen LogP contribution in [0.1, 0.15) is 18.4 Å². The molecule has 3 aromatic heterocycles. The number of fused-ring (bicyclic) bond motifs is 1. The van der Waals surface area contributed by atoms with Crippen LogP contribution in [0.2, 0.25) is 0 Å². The van der Waals surface area contributed by atoms with E-state index in [1.807, 2.05) is 17.5 Å². The smallest absolute Gasteiger partial charge is 0.228 e. The van der Waals surface area contributed by atoms with Gasteiger partial charge in [0.15, 0.2) is 5.65 Å². The lowest BCUT2D eigenvalue weighted by atomic mass is 9.90. The Bertz CT molecular complexity index is 1460. The fourth-order valence-electron chi connectivity index (χ4n) is 4.82. The summed E-state index contributed by atoms with van der Waals surface area (Å²) in [6.07, 6.45) is 3.28. The van der Waals surface area contributed by atoms with E-state index in [1.54, 1.807) is 28.2 Å². The topological polar surface area (TPSA) is 72.9 Å². The lowest BCUT2D eigenvalue weighted by Gasteiger charge is -2.32. The SMILES string of the molecule is Nc1c2c(-c3cccs3)nc(N3CCC(Cc4ccccc4)CC3)nc2nn1-c1cccc(F)c1. The highest BCUT2D eigenvalue weighted by molar-refractivity contribution is 7.13. The summed E-state index contributed by atoms with van der Waals surface area (Å²) in [6.45, 7) is 1.79. The van der Waals surface area contributed by atoms with E-state index in [-0.39, 0.29) is 5.82 Å². The largest absolute Gasteiger partial charge is 0.383 e. The standard InChI is InChI=1S/C27H25FN6S/c28-20-8-4-9-21(17-20)34-25(29)23-24(22-10-5-15-35-22)30-27(31-26(23)32-34)33-13-11-19(12-14-33)16-18-6-2-1-3-7-18/h1-10,15,17,19H,11-14,16,29H2. The van der Waals surface area contributed by atoms with E-state index >= 15 is 0 Å². The summed E-state index contributed by atoms with van der Waals surface area (Å²) < 4.78 is 15.5. The van der Waals surface area contributed by atoms with Gasteiger partial charge in [-0.05, 0) is 60.4 Å². The highest BCUT2D eigenvalue weighted by Gasteiger charge is 2.25. The molecule has 176 valence electrons. The van der Waals surface area contributed by atoms with E-state index in [4.69, 9.17) is 15.7 Å². The number of nitrogens with zero attached hydrogens (tertiary/aromatic N) is 5. The molecule has 1 fully saturated rings. The second kappa shape index (κ2) is 9.11. The first-order valence-electron chi connectivity index (χ1n) is 11.8. The van der Waals surface area contributed by atoms with Crippen molar-refractivity contribution < 1.29 is 4.39 Å². The number of aromatic nitrogens is 4. The summed E-state index contributed by atoms with van der Waals surface area (Å²) >= 11 is 1.60. The van der Waals surface area contributed by atoms with Crippen molar-refractivity contribution in [1.29, 1.82) is 0 Å². The molecular formula is C27H25FN6S. The average Bonchev–Trinajstić information content (AvgIpc) is 3.53. The van der Waals surface area contributed by atoms with E-state index in [1.165, 1.54) is 17.7 Å². The molecule has 0 radical (unpaired) electrons. The number of hydrogen-bond acceptors (Lipinski definition) is 6. The Morgan fingerprint density at radius 2 is 1.80 bits per heavy atom. The van der Waals surface area contributed by atoms with Crippen molar-refractivity contribution in [2.75, 3.05) is 23.7 Å². The van der Waals surface area contributed by atoms with Gasteiger partial charge >= 0.3 is 0 Å². The third kappa shape index (κ3) is 4.25. The highest BCUT2D eigenvalue weighted by Crippen LogP contribution is 2.36. The number of nitrogen functional groups attached to an aromatic ring is 1. The molecule has 1 aliphatic rings. The number of piperidine rings is 1. The van der Waals surface area contributed by atoms with Crippen LogP contribution in [-0.2, 0) is 6.42 Å². The number of hydrogen-bond donors (Lipinski definition) is 1. The van der Waals surface area contributed by atoms with Crippen LogP contribution in [0.25, 0.3) is 27.3 Å². The maximum atomic E-state index is 13.9. The van der Waals surface area contributed by atoms with E-state index in [0.29, 0.717) is 34.4 Å². The van der Waals surface area contributed by atoms with Gasteiger partial charge < -0.3 is 10.6 Å². The molecule has 2 N–H and O–H groups in total. The summed E-state index contributed by atoms with van der Waals surface area (Å²) in [5.74, 6) is 1.38. The van der Waals surface area contributed by atoms with Crippen LogP contribution >= 0.6 is 11.3 Å². The molecule has 5 aromatic rings. The second-order valence-corrected chi connectivity index (χ2v) is 9.89. The Labute approximate surface area is 206 Å². The minimum atomic E-state index is -0.343. The van der Waals surface area contributed by atoms with Gasteiger partial charge in [0.2, 0.25) is 5.95 Å². The number of nitrogens with two attached hydrogens (primary N) is 1. The zero-order valence-electron chi connectivity index (χ0n) is 19.1. The molecule has 0 amide bonds. The predicted octanol–water partition coefficient (Wildman–Crippen LogP) is 5.72. The van der Waals surface area contributed by atoms with E-state index in [9.17, 15) is 4.39 Å². The summed E-state index contributed by atoms with van der Waals surface area (Å²) in [5, 5.41) is 7.39. The van der Waals surface area contributed by atoms with Crippen molar-refractivity contribution in [2.24, 2.45) is 5.92 Å². The van der Waals surface area contributed by atoms with Gasteiger partial charge in [-0.3, -0.25) is 0 Å². The second-order valence-electron chi connectivity index (χ2n) is 8.95. The molecule has 0 bridgehead atoms. The Morgan fingerprint density at radius 3 is 2.54 bits per heavy atom. The van der Waals surface area contributed by atoms with Gasteiger partial charge in [-0.2, -0.15) is 4.98 Å². The summed E-state index contributed by atoms with van der Waals surface area (Å²) in [6, 6.07) is 21.0. The van der Waals surface area contributed by atoms with Crippen LogP contribution in [0.5, 0.6) is 0 Å². The molecule has 0 aliphatic carbocycles. The highest BCUT2D eigenvalue weighted by atomic mass is 32.1. The van der Waals surface area contributed by atoms with Crippen LogP contribution in [0.4, 0.5) is 16.2 Å². The summed E-state index contributed by atoms with van der Waals surface area (Å²) in [7, 11) is 0. The van der Waals surface area contributed by atoms with E-state index in [0.717, 1.165) is 42.9 Å². The monoisotopic (exact) mass is 484 g/mol. The minimum Gasteiger partial charge on any atom is -0.383 e. The first kappa shape index (κ1) is 21.7.